The van der Waals surface area contributed by atoms with Crippen molar-refractivity contribution in [3.63, 3.8) is 0 Å². The summed E-state index contributed by atoms with van der Waals surface area (Å²) in [4.78, 5) is 24.9. The lowest BCUT2D eigenvalue weighted by Crippen LogP contribution is -2.46. The standard InChI is InChI=1S/C21H21ClN4O5/c1-20(2)30-17-16(10-23-19(28)14-5-3-4-6-15(14)22)29-12-21(17,31-20)11-24-18(27)13-7-8-25-26-9-13/h3-9H,10-12H2,1-2H3,(H,23,28)(H,24,27)/t21-/m0/s1. The molecule has 0 saturated carbocycles. The molecule has 1 aromatic heterocycles. The van der Waals surface area contributed by atoms with Crippen molar-refractivity contribution in [1.29, 1.82) is 0 Å². The molecule has 2 aliphatic rings. The maximum Gasteiger partial charge on any atom is 0.253 e. The second kappa shape index (κ2) is 8.16. The minimum atomic E-state index is -0.996. The lowest BCUT2D eigenvalue weighted by atomic mass is 10.0. The number of ether oxygens (including phenoxy) is 3. The number of halogens is 1. The van der Waals surface area contributed by atoms with Gasteiger partial charge in [-0.1, -0.05) is 23.7 Å². The van der Waals surface area contributed by atoms with Gasteiger partial charge in [-0.2, -0.15) is 10.2 Å². The summed E-state index contributed by atoms with van der Waals surface area (Å²) < 4.78 is 17.9. The summed E-state index contributed by atoms with van der Waals surface area (Å²) in [6, 6.07) is 8.33. The maximum atomic E-state index is 12.5. The summed E-state index contributed by atoms with van der Waals surface area (Å²) in [6.45, 7) is 3.89. The van der Waals surface area contributed by atoms with Crippen molar-refractivity contribution in [2.75, 3.05) is 19.7 Å². The number of fused-ring (bicyclic) bond motifs is 1. The number of benzene rings is 1. The molecule has 0 aliphatic carbocycles. The van der Waals surface area contributed by atoms with Crippen LogP contribution in [0.15, 0.2) is 54.2 Å². The van der Waals surface area contributed by atoms with E-state index in [0.29, 0.717) is 27.7 Å². The zero-order valence-electron chi connectivity index (χ0n) is 17.0. The van der Waals surface area contributed by atoms with E-state index >= 15 is 0 Å². The Morgan fingerprint density at radius 1 is 1.13 bits per heavy atom. The Morgan fingerprint density at radius 2 is 1.94 bits per heavy atom. The molecular weight excluding hydrogens is 424 g/mol. The molecule has 9 nitrogen and oxygen atoms in total. The normalized spacial score (nSPS) is 21.1. The van der Waals surface area contributed by atoms with Crippen molar-refractivity contribution in [3.8, 4) is 0 Å². The highest BCUT2D eigenvalue weighted by Crippen LogP contribution is 2.45. The van der Waals surface area contributed by atoms with Gasteiger partial charge in [-0.05, 0) is 18.2 Å². The number of carbonyl (C=O) groups is 2. The van der Waals surface area contributed by atoms with Crippen LogP contribution in [-0.2, 0) is 14.2 Å². The van der Waals surface area contributed by atoms with E-state index in [-0.39, 0.29) is 31.5 Å². The number of nitrogens with zero attached hydrogens (tertiary/aromatic N) is 2. The van der Waals surface area contributed by atoms with Gasteiger partial charge in [-0.15, -0.1) is 0 Å². The van der Waals surface area contributed by atoms with Gasteiger partial charge in [-0.3, -0.25) is 9.59 Å². The molecule has 0 radical (unpaired) electrons. The predicted octanol–water partition coefficient (Wildman–Crippen LogP) is 2.05. The summed E-state index contributed by atoms with van der Waals surface area (Å²) in [7, 11) is 0. The second-order valence-corrected chi connectivity index (χ2v) is 8.02. The van der Waals surface area contributed by atoms with E-state index in [4.69, 9.17) is 25.8 Å². The third-order valence-electron chi connectivity index (χ3n) is 4.84. The van der Waals surface area contributed by atoms with Crippen LogP contribution in [-0.4, -0.2) is 53.1 Å². The maximum absolute atomic E-state index is 12.5. The summed E-state index contributed by atoms with van der Waals surface area (Å²) in [5, 5.41) is 13.3. The topological polar surface area (TPSA) is 112 Å². The quantitative estimate of drug-likeness (QED) is 0.701. The largest absolute Gasteiger partial charge is 0.489 e. The van der Waals surface area contributed by atoms with E-state index in [1.807, 2.05) is 0 Å². The van der Waals surface area contributed by atoms with Crippen molar-refractivity contribution < 1.29 is 23.8 Å². The molecule has 3 heterocycles. The SMILES string of the molecule is CC1(C)OC2=C(CNC(=O)c3ccccc3Cl)OC[C@]2(CNC(=O)c2ccnnc2)O1. The first-order chi connectivity index (χ1) is 14.8. The van der Waals surface area contributed by atoms with Gasteiger partial charge in [0.15, 0.2) is 17.1 Å². The average molecular weight is 445 g/mol. The molecule has 0 spiro atoms. The minimum Gasteiger partial charge on any atom is -0.489 e. The Kier molecular flexibility index (Phi) is 5.55. The van der Waals surface area contributed by atoms with E-state index in [1.165, 1.54) is 12.4 Å². The van der Waals surface area contributed by atoms with Crippen LogP contribution >= 0.6 is 11.6 Å². The number of rotatable bonds is 6. The van der Waals surface area contributed by atoms with Crippen LogP contribution < -0.4 is 10.6 Å². The molecule has 2 N–H and O–H groups in total. The summed E-state index contributed by atoms with van der Waals surface area (Å²) >= 11 is 6.09. The molecule has 1 fully saturated rings. The van der Waals surface area contributed by atoms with E-state index < -0.39 is 11.4 Å². The second-order valence-electron chi connectivity index (χ2n) is 7.62. The molecule has 0 unspecified atom stereocenters. The summed E-state index contributed by atoms with van der Waals surface area (Å²) in [5.41, 5.74) is -0.258. The van der Waals surface area contributed by atoms with Gasteiger partial charge in [0, 0.05) is 13.8 Å². The lowest BCUT2D eigenvalue weighted by molar-refractivity contribution is -0.170. The molecule has 1 aromatic carbocycles. The van der Waals surface area contributed by atoms with Gasteiger partial charge in [0.25, 0.3) is 11.8 Å². The highest BCUT2D eigenvalue weighted by atomic mass is 35.5. The number of carbonyl (C=O) groups excluding carboxylic acids is 2. The zero-order chi connectivity index (χ0) is 22.1. The van der Waals surface area contributed by atoms with Gasteiger partial charge in [0.2, 0.25) is 5.79 Å². The van der Waals surface area contributed by atoms with E-state index in [2.05, 4.69) is 20.8 Å². The Morgan fingerprint density at radius 3 is 2.68 bits per heavy atom. The molecule has 0 bridgehead atoms. The third kappa shape index (κ3) is 4.33. The Hall–Kier alpha value is -3.17. The predicted molar refractivity (Wildman–Crippen MR) is 110 cm³/mol. The smallest absolute Gasteiger partial charge is 0.253 e. The first-order valence-corrected chi connectivity index (χ1v) is 10.0. The fraction of sp³-hybridized carbons (Fsp3) is 0.333. The third-order valence-corrected chi connectivity index (χ3v) is 5.17. The van der Waals surface area contributed by atoms with Gasteiger partial charge in [0.1, 0.15) is 6.61 Å². The minimum absolute atomic E-state index is 0.0861. The number of amides is 2. The number of hydrogen-bond donors (Lipinski definition) is 2. The van der Waals surface area contributed by atoms with Crippen LogP contribution in [0.1, 0.15) is 34.6 Å². The summed E-state index contributed by atoms with van der Waals surface area (Å²) in [6.07, 6.45) is 2.82. The Balaban J connectivity index is 1.48. The molecule has 31 heavy (non-hydrogen) atoms. The number of hydrogen-bond acceptors (Lipinski definition) is 7. The van der Waals surface area contributed by atoms with Crippen LogP contribution in [0.4, 0.5) is 0 Å². The first-order valence-electron chi connectivity index (χ1n) is 9.63. The fourth-order valence-electron chi connectivity index (χ4n) is 3.50. The van der Waals surface area contributed by atoms with Crippen LogP contribution in [0.5, 0.6) is 0 Å². The number of aromatic nitrogens is 2. The lowest BCUT2D eigenvalue weighted by Gasteiger charge is -2.25. The monoisotopic (exact) mass is 444 g/mol. The van der Waals surface area contributed by atoms with Crippen molar-refractivity contribution >= 4 is 23.4 Å². The van der Waals surface area contributed by atoms with Gasteiger partial charge < -0.3 is 24.8 Å². The van der Waals surface area contributed by atoms with Crippen molar-refractivity contribution in [2.45, 2.75) is 25.2 Å². The highest BCUT2D eigenvalue weighted by Gasteiger charge is 2.56. The molecule has 2 aliphatic heterocycles. The molecule has 1 saturated heterocycles. The molecule has 162 valence electrons. The molecular formula is C21H21ClN4O5. The van der Waals surface area contributed by atoms with Crippen LogP contribution in [0, 0.1) is 0 Å². The van der Waals surface area contributed by atoms with Gasteiger partial charge in [0.05, 0.1) is 41.6 Å². The molecule has 10 heteroatoms. The highest BCUT2D eigenvalue weighted by molar-refractivity contribution is 6.33. The Labute approximate surface area is 183 Å². The van der Waals surface area contributed by atoms with Gasteiger partial charge in [-0.25, -0.2) is 0 Å². The van der Waals surface area contributed by atoms with E-state index in [1.54, 1.807) is 44.2 Å². The molecule has 1 atom stereocenters. The van der Waals surface area contributed by atoms with Crippen LogP contribution in [0.3, 0.4) is 0 Å². The first kappa shape index (κ1) is 21.1. The Bertz CT molecular complexity index is 1040. The van der Waals surface area contributed by atoms with Gasteiger partial charge >= 0.3 is 0 Å². The summed E-state index contributed by atoms with van der Waals surface area (Å²) in [5.74, 6) is -0.690. The van der Waals surface area contributed by atoms with Crippen LogP contribution in [0.2, 0.25) is 5.02 Å². The number of nitrogens with one attached hydrogen (secondary N) is 2. The molecule has 2 amide bonds. The fourth-order valence-corrected chi connectivity index (χ4v) is 3.72. The average Bonchev–Trinajstić information content (AvgIpc) is 3.21. The van der Waals surface area contributed by atoms with Crippen molar-refractivity contribution in [3.05, 3.63) is 70.4 Å². The van der Waals surface area contributed by atoms with Crippen molar-refractivity contribution in [2.24, 2.45) is 0 Å². The zero-order valence-corrected chi connectivity index (χ0v) is 17.7. The van der Waals surface area contributed by atoms with Crippen molar-refractivity contribution in [1.82, 2.24) is 20.8 Å². The molecule has 2 aromatic rings. The molecule has 4 rings (SSSR count). The van der Waals surface area contributed by atoms with E-state index in [0.717, 1.165) is 0 Å². The van der Waals surface area contributed by atoms with Crippen LogP contribution in [0.25, 0.3) is 0 Å². The van der Waals surface area contributed by atoms with E-state index in [9.17, 15) is 9.59 Å².